The lowest BCUT2D eigenvalue weighted by atomic mass is 9.77. The predicted molar refractivity (Wildman–Crippen MR) is 91.4 cm³/mol. The molecule has 3 nitrogen and oxygen atoms in total. The molecule has 0 N–H and O–H groups in total. The van der Waals surface area contributed by atoms with Crippen LogP contribution in [0.3, 0.4) is 0 Å². The van der Waals surface area contributed by atoms with E-state index < -0.39 is 0 Å². The number of rotatable bonds is 3. The first kappa shape index (κ1) is 16.9. The summed E-state index contributed by atoms with van der Waals surface area (Å²) in [6.45, 7) is 13.0. The van der Waals surface area contributed by atoms with Crippen LogP contribution in [0.5, 0.6) is 0 Å². The molecule has 1 aromatic carbocycles. The van der Waals surface area contributed by atoms with Crippen LogP contribution in [0.2, 0.25) is 0 Å². The maximum absolute atomic E-state index is 12.4. The molecule has 1 heterocycles. The quantitative estimate of drug-likeness (QED) is 0.780. The molecule has 0 spiro atoms. The van der Waals surface area contributed by atoms with Gasteiger partial charge in [0.05, 0.1) is 7.11 Å². The third kappa shape index (κ3) is 2.86. The maximum atomic E-state index is 12.4. The summed E-state index contributed by atoms with van der Waals surface area (Å²) in [6.07, 6.45) is 1.03. The summed E-state index contributed by atoms with van der Waals surface area (Å²) in [6, 6.07) is 6.31. The molecule has 2 atom stereocenters. The Labute approximate surface area is 134 Å². The number of anilines is 1. The van der Waals surface area contributed by atoms with Crippen LogP contribution < -0.4 is 4.90 Å². The summed E-state index contributed by atoms with van der Waals surface area (Å²) < 4.78 is 5.11. The number of methoxy groups -OCH3 is 1. The summed E-state index contributed by atoms with van der Waals surface area (Å²) in [5.74, 6) is 0.532. The number of ether oxygens (including phenoxy) is 1. The number of benzene rings is 1. The van der Waals surface area contributed by atoms with Gasteiger partial charge < -0.3 is 9.64 Å². The Balaban J connectivity index is 2.61. The number of nitrogens with zero attached hydrogens (tertiary/aromatic N) is 1. The second-order valence-corrected chi connectivity index (χ2v) is 7.56. The number of aryl methyl sites for hydroxylation is 1. The van der Waals surface area contributed by atoms with Crippen molar-refractivity contribution in [1.29, 1.82) is 0 Å². The van der Waals surface area contributed by atoms with Gasteiger partial charge in [0.1, 0.15) is 6.04 Å². The number of hydrogen-bond donors (Lipinski definition) is 0. The van der Waals surface area contributed by atoms with Crippen LogP contribution in [0.1, 0.15) is 58.1 Å². The molecule has 0 aliphatic carbocycles. The van der Waals surface area contributed by atoms with Crippen LogP contribution in [0, 0.1) is 12.8 Å². The van der Waals surface area contributed by atoms with Gasteiger partial charge >= 0.3 is 5.97 Å². The largest absolute Gasteiger partial charge is 0.467 e. The maximum Gasteiger partial charge on any atom is 0.328 e. The van der Waals surface area contributed by atoms with E-state index in [2.05, 4.69) is 64.6 Å². The van der Waals surface area contributed by atoms with E-state index >= 15 is 0 Å². The molecule has 1 aliphatic heterocycles. The molecule has 22 heavy (non-hydrogen) atoms. The van der Waals surface area contributed by atoms with Crippen molar-refractivity contribution in [2.45, 2.75) is 65.5 Å². The number of fused-ring (bicyclic) bond motifs is 1. The fourth-order valence-corrected chi connectivity index (χ4v) is 3.89. The summed E-state index contributed by atoms with van der Waals surface area (Å²) >= 11 is 0. The summed E-state index contributed by atoms with van der Waals surface area (Å²) in [5, 5.41) is 0. The first-order chi connectivity index (χ1) is 10.2. The normalized spacial score (nSPS) is 21.5. The summed E-state index contributed by atoms with van der Waals surface area (Å²) in [4.78, 5) is 14.7. The summed E-state index contributed by atoms with van der Waals surface area (Å²) in [5.41, 5.74) is 3.71. The van der Waals surface area contributed by atoms with Gasteiger partial charge in [0.2, 0.25) is 0 Å². The Morgan fingerprint density at radius 3 is 2.55 bits per heavy atom. The molecular weight excluding hydrogens is 274 g/mol. The minimum absolute atomic E-state index is 0.0786. The molecule has 0 amide bonds. The minimum Gasteiger partial charge on any atom is -0.467 e. The lowest BCUT2D eigenvalue weighted by Gasteiger charge is -2.51. The fraction of sp³-hybridized carbons (Fsp3) is 0.632. The molecule has 0 aromatic heterocycles. The van der Waals surface area contributed by atoms with Crippen LogP contribution in [0.4, 0.5) is 5.69 Å². The number of carbonyl (C=O) groups excluding carboxylic acids is 1. The van der Waals surface area contributed by atoms with E-state index in [1.807, 2.05) is 0 Å². The van der Waals surface area contributed by atoms with Gasteiger partial charge in [-0.1, -0.05) is 38.5 Å². The topological polar surface area (TPSA) is 29.5 Å². The molecule has 0 radical (unpaired) electrons. The predicted octanol–water partition coefficient (Wildman–Crippen LogP) is 4.28. The van der Waals surface area contributed by atoms with Crippen molar-refractivity contribution >= 4 is 11.7 Å². The monoisotopic (exact) mass is 303 g/mol. The van der Waals surface area contributed by atoms with Gasteiger partial charge in [-0.25, -0.2) is 4.79 Å². The first-order valence-electron chi connectivity index (χ1n) is 8.16. The highest BCUT2D eigenvalue weighted by Crippen LogP contribution is 2.45. The Morgan fingerprint density at radius 2 is 2.00 bits per heavy atom. The Morgan fingerprint density at radius 1 is 1.36 bits per heavy atom. The van der Waals surface area contributed by atoms with Crippen molar-refractivity contribution in [3.8, 4) is 0 Å². The van der Waals surface area contributed by atoms with Gasteiger partial charge in [0.25, 0.3) is 0 Å². The Kier molecular flexibility index (Phi) is 4.55. The van der Waals surface area contributed by atoms with E-state index in [4.69, 9.17) is 4.74 Å². The third-order valence-electron chi connectivity index (χ3n) is 4.78. The zero-order chi connectivity index (χ0) is 16.7. The second kappa shape index (κ2) is 5.94. The van der Waals surface area contributed by atoms with Crippen molar-refractivity contribution in [2.24, 2.45) is 5.92 Å². The van der Waals surface area contributed by atoms with Gasteiger partial charge in [-0.05, 0) is 50.7 Å². The number of carbonyl (C=O) groups is 1. The summed E-state index contributed by atoms with van der Waals surface area (Å²) in [7, 11) is 1.48. The van der Waals surface area contributed by atoms with Gasteiger partial charge in [-0.2, -0.15) is 0 Å². The molecule has 0 saturated carbocycles. The molecule has 1 aromatic rings. The molecule has 0 bridgehead atoms. The zero-order valence-corrected chi connectivity index (χ0v) is 14.9. The molecule has 1 aliphatic rings. The van der Waals surface area contributed by atoms with Crippen LogP contribution >= 0.6 is 0 Å². The lowest BCUT2D eigenvalue weighted by Crippen LogP contribution is -2.58. The van der Waals surface area contributed by atoms with Crippen LogP contribution in [0.15, 0.2) is 18.2 Å². The van der Waals surface area contributed by atoms with Gasteiger partial charge in [-0.3, -0.25) is 0 Å². The number of hydrogen-bond acceptors (Lipinski definition) is 3. The second-order valence-electron chi connectivity index (χ2n) is 7.56. The van der Waals surface area contributed by atoms with Crippen molar-refractivity contribution < 1.29 is 9.53 Å². The highest BCUT2D eigenvalue weighted by Gasteiger charge is 2.43. The highest BCUT2D eigenvalue weighted by molar-refractivity contribution is 5.82. The molecular formula is C19H29NO2. The fourth-order valence-electron chi connectivity index (χ4n) is 3.89. The lowest BCUT2D eigenvalue weighted by molar-refractivity contribution is -0.143. The molecule has 2 rings (SSSR count). The molecule has 0 saturated heterocycles. The molecule has 0 fully saturated rings. The molecule has 0 unspecified atom stereocenters. The minimum atomic E-state index is -0.256. The van der Waals surface area contributed by atoms with E-state index in [1.54, 1.807) is 0 Å². The van der Waals surface area contributed by atoms with E-state index in [0.717, 1.165) is 6.42 Å². The van der Waals surface area contributed by atoms with Crippen molar-refractivity contribution in [3.63, 3.8) is 0 Å². The van der Waals surface area contributed by atoms with E-state index in [0.29, 0.717) is 5.92 Å². The highest BCUT2D eigenvalue weighted by atomic mass is 16.5. The van der Waals surface area contributed by atoms with Gasteiger partial charge in [0.15, 0.2) is 0 Å². The van der Waals surface area contributed by atoms with Gasteiger partial charge in [0, 0.05) is 11.2 Å². The molecule has 3 heteroatoms. The van der Waals surface area contributed by atoms with Crippen molar-refractivity contribution in [2.75, 3.05) is 12.0 Å². The zero-order valence-electron chi connectivity index (χ0n) is 14.9. The molecule has 122 valence electrons. The first-order valence-corrected chi connectivity index (χ1v) is 8.16. The standard InChI is InChI=1S/C19H29NO2/c1-12(2)17(18(21)22-7)20-16-9-8-13(3)10-15(16)14(4)11-19(20,5)6/h8-10,12,14,17H,11H2,1-7H3/t14-,17-/m1/s1. The number of esters is 1. The SMILES string of the molecule is COC(=O)[C@@H](C(C)C)N1c2ccc(C)cc2[C@H](C)CC1(C)C. The van der Waals surface area contributed by atoms with E-state index in [1.165, 1.54) is 23.9 Å². The van der Waals surface area contributed by atoms with E-state index in [9.17, 15) is 4.79 Å². The smallest absolute Gasteiger partial charge is 0.328 e. The third-order valence-corrected chi connectivity index (χ3v) is 4.78. The van der Waals surface area contributed by atoms with Crippen molar-refractivity contribution in [1.82, 2.24) is 0 Å². The van der Waals surface area contributed by atoms with Gasteiger partial charge in [-0.15, -0.1) is 0 Å². The average molecular weight is 303 g/mol. The Bertz CT molecular complexity index is 563. The Hall–Kier alpha value is -1.51. The van der Waals surface area contributed by atoms with E-state index in [-0.39, 0.29) is 23.5 Å². The average Bonchev–Trinajstić information content (AvgIpc) is 2.42. The van der Waals surface area contributed by atoms with Crippen LogP contribution in [-0.4, -0.2) is 24.7 Å². The van der Waals surface area contributed by atoms with Crippen LogP contribution in [-0.2, 0) is 9.53 Å². The van der Waals surface area contributed by atoms with Crippen molar-refractivity contribution in [3.05, 3.63) is 29.3 Å². The van der Waals surface area contributed by atoms with Crippen LogP contribution in [0.25, 0.3) is 0 Å².